The smallest absolute Gasteiger partial charge is 0.267 e. The second-order valence-corrected chi connectivity index (χ2v) is 7.83. The standard InChI is InChI=1S/C14H3Br2Cl4NO2/c15-4-1-2-6(5(16)3-4)21-13(22)7-8(14(21)23)10(18)12(20)11(19)9(7)17/h1-3H. The lowest BCUT2D eigenvalue weighted by atomic mass is 10.1. The van der Waals surface area contributed by atoms with E-state index in [1.54, 1.807) is 18.2 Å². The Morgan fingerprint density at radius 2 is 1.26 bits per heavy atom. The normalized spacial score (nSPS) is 13.7. The molecule has 2 amide bonds. The molecule has 0 unspecified atom stereocenters. The summed E-state index contributed by atoms with van der Waals surface area (Å²) in [5, 5.41) is -0.305. The van der Waals surface area contributed by atoms with E-state index >= 15 is 0 Å². The zero-order valence-electron chi connectivity index (χ0n) is 10.8. The number of halogens is 6. The van der Waals surface area contributed by atoms with Crippen LogP contribution in [0.4, 0.5) is 5.69 Å². The molecule has 2 aromatic carbocycles. The van der Waals surface area contributed by atoms with Gasteiger partial charge < -0.3 is 0 Å². The van der Waals surface area contributed by atoms with E-state index in [9.17, 15) is 9.59 Å². The number of carbonyl (C=O) groups is 2. The first kappa shape index (κ1) is 17.5. The molecule has 23 heavy (non-hydrogen) atoms. The highest BCUT2D eigenvalue weighted by Gasteiger charge is 2.42. The van der Waals surface area contributed by atoms with Gasteiger partial charge in [-0.3, -0.25) is 9.59 Å². The Morgan fingerprint density at radius 1 is 0.783 bits per heavy atom. The molecule has 0 saturated heterocycles. The zero-order valence-corrected chi connectivity index (χ0v) is 17.0. The molecule has 118 valence electrons. The quantitative estimate of drug-likeness (QED) is 0.241. The van der Waals surface area contributed by atoms with Crippen LogP contribution >= 0.6 is 78.3 Å². The number of imide groups is 1. The molecule has 1 heterocycles. The molecule has 0 spiro atoms. The summed E-state index contributed by atoms with van der Waals surface area (Å²) in [6.07, 6.45) is 0. The number of fused-ring (bicyclic) bond motifs is 1. The van der Waals surface area contributed by atoms with Crippen LogP contribution in [0.5, 0.6) is 0 Å². The van der Waals surface area contributed by atoms with Gasteiger partial charge in [0.1, 0.15) is 0 Å². The first-order valence-electron chi connectivity index (χ1n) is 5.95. The molecule has 0 bridgehead atoms. The van der Waals surface area contributed by atoms with Crippen molar-refractivity contribution in [2.45, 2.75) is 0 Å². The molecule has 2 aromatic rings. The van der Waals surface area contributed by atoms with Gasteiger partial charge in [0.15, 0.2) is 0 Å². The number of rotatable bonds is 1. The second kappa shape index (κ2) is 6.21. The topological polar surface area (TPSA) is 37.4 Å². The van der Waals surface area contributed by atoms with Crippen LogP contribution < -0.4 is 4.90 Å². The van der Waals surface area contributed by atoms with E-state index in [-0.39, 0.29) is 31.2 Å². The molecule has 9 heteroatoms. The molecule has 0 radical (unpaired) electrons. The minimum atomic E-state index is -0.613. The monoisotopic (exact) mass is 515 g/mol. The number of hydrogen-bond acceptors (Lipinski definition) is 2. The number of hydrogen-bond donors (Lipinski definition) is 0. The Kier molecular flexibility index (Phi) is 4.73. The van der Waals surface area contributed by atoms with Gasteiger partial charge in [-0.15, -0.1) is 0 Å². The van der Waals surface area contributed by atoms with Crippen LogP contribution in [0.2, 0.25) is 20.1 Å². The minimum absolute atomic E-state index is 0.0501. The SMILES string of the molecule is O=C1c2c(Cl)c(Cl)c(Cl)c(Cl)c2C(=O)N1c1ccc(Br)cc1Br. The van der Waals surface area contributed by atoms with Crippen molar-refractivity contribution in [3.8, 4) is 0 Å². The van der Waals surface area contributed by atoms with Gasteiger partial charge >= 0.3 is 0 Å². The third kappa shape index (κ3) is 2.62. The van der Waals surface area contributed by atoms with Crippen molar-refractivity contribution in [1.29, 1.82) is 0 Å². The number of carbonyl (C=O) groups excluding carboxylic acids is 2. The van der Waals surface area contributed by atoms with E-state index in [4.69, 9.17) is 46.4 Å². The van der Waals surface area contributed by atoms with Crippen molar-refractivity contribution in [2.75, 3.05) is 4.90 Å². The molecule has 0 fully saturated rings. The summed E-state index contributed by atoms with van der Waals surface area (Å²) in [5.41, 5.74) is 0.260. The molecule has 1 aliphatic rings. The Hall–Kier alpha value is -0.300. The van der Waals surface area contributed by atoms with Gasteiger partial charge in [-0.1, -0.05) is 62.3 Å². The average molecular weight is 519 g/mol. The van der Waals surface area contributed by atoms with Gasteiger partial charge in [-0.25, -0.2) is 4.90 Å². The highest BCUT2D eigenvalue weighted by atomic mass is 79.9. The fourth-order valence-electron chi connectivity index (χ4n) is 2.23. The minimum Gasteiger partial charge on any atom is -0.268 e. The van der Waals surface area contributed by atoms with Gasteiger partial charge in [0.25, 0.3) is 11.8 Å². The summed E-state index contributed by atoms with van der Waals surface area (Å²) < 4.78 is 1.33. The molecule has 1 aliphatic heterocycles. The molecule has 3 nitrogen and oxygen atoms in total. The van der Waals surface area contributed by atoms with Crippen molar-refractivity contribution in [1.82, 2.24) is 0 Å². The number of nitrogens with zero attached hydrogens (tertiary/aromatic N) is 1. The van der Waals surface area contributed by atoms with Crippen molar-refractivity contribution in [3.05, 3.63) is 58.4 Å². The summed E-state index contributed by atoms with van der Waals surface area (Å²) in [7, 11) is 0. The van der Waals surface area contributed by atoms with Crippen LogP contribution in [0.15, 0.2) is 27.1 Å². The van der Waals surface area contributed by atoms with Gasteiger partial charge in [0.2, 0.25) is 0 Å². The van der Waals surface area contributed by atoms with Gasteiger partial charge in [-0.2, -0.15) is 0 Å². The van der Waals surface area contributed by atoms with Crippen LogP contribution in [0.25, 0.3) is 0 Å². The van der Waals surface area contributed by atoms with Crippen molar-refractivity contribution < 1.29 is 9.59 Å². The van der Waals surface area contributed by atoms with E-state index in [1.807, 2.05) is 0 Å². The molecular formula is C14H3Br2Cl4NO2. The van der Waals surface area contributed by atoms with E-state index in [0.717, 1.165) is 9.37 Å². The average Bonchev–Trinajstić information content (AvgIpc) is 2.75. The first-order valence-corrected chi connectivity index (χ1v) is 9.05. The maximum absolute atomic E-state index is 12.7. The molecule has 0 aromatic heterocycles. The third-order valence-corrected chi connectivity index (χ3v) is 6.18. The van der Waals surface area contributed by atoms with E-state index in [0.29, 0.717) is 10.2 Å². The van der Waals surface area contributed by atoms with Crippen LogP contribution in [0, 0.1) is 0 Å². The molecule has 0 N–H and O–H groups in total. The summed E-state index contributed by atoms with van der Waals surface area (Å²) >= 11 is 30.8. The maximum atomic E-state index is 12.7. The summed E-state index contributed by atoms with van der Waals surface area (Å²) in [5.74, 6) is -1.23. The fraction of sp³-hybridized carbons (Fsp3) is 0. The lowest BCUT2D eigenvalue weighted by Gasteiger charge is -2.15. The maximum Gasteiger partial charge on any atom is 0.267 e. The molecule has 0 saturated carbocycles. The molecule has 0 atom stereocenters. The molecule has 3 rings (SSSR count). The highest BCUT2D eigenvalue weighted by molar-refractivity contribution is 9.11. The van der Waals surface area contributed by atoms with Crippen LogP contribution in [-0.4, -0.2) is 11.8 Å². The van der Waals surface area contributed by atoms with Gasteiger partial charge in [0, 0.05) is 8.95 Å². The first-order chi connectivity index (χ1) is 10.8. The molecule has 0 aliphatic carbocycles. The predicted octanol–water partition coefficient (Wildman–Crippen LogP) is 6.63. The van der Waals surface area contributed by atoms with E-state index in [1.165, 1.54) is 0 Å². The van der Waals surface area contributed by atoms with Gasteiger partial charge in [0.05, 0.1) is 36.9 Å². The van der Waals surface area contributed by atoms with Gasteiger partial charge in [-0.05, 0) is 34.1 Å². The van der Waals surface area contributed by atoms with Crippen molar-refractivity contribution in [2.24, 2.45) is 0 Å². The summed E-state index contributed by atoms with van der Waals surface area (Å²) in [6, 6.07) is 5.02. The van der Waals surface area contributed by atoms with Crippen LogP contribution in [-0.2, 0) is 0 Å². The van der Waals surface area contributed by atoms with Crippen molar-refractivity contribution >= 4 is 95.8 Å². The van der Waals surface area contributed by atoms with Crippen LogP contribution in [0.3, 0.4) is 0 Å². The Bertz CT molecular complexity index is 854. The third-order valence-electron chi connectivity index (χ3n) is 3.25. The number of benzene rings is 2. The number of anilines is 1. The Balaban J connectivity index is 2.26. The van der Waals surface area contributed by atoms with Crippen molar-refractivity contribution in [3.63, 3.8) is 0 Å². The largest absolute Gasteiger partial charge is 0.268 e. The number of amides is 2. The highest BCUT2D eigenvalue weighted by Crippen LogP contribution is 2.46. The molecular weight excluding hydrogens is 516 g/mol. The fourth-order valence-corrected chi connectivity index (χ4v) is 4.47. The van der Waals surface area contributed by atoms with E-state index in [2.05, 4.69) is 31.9 Å². The van der Waals surface area contributed by atoms with Crippen LogP contribution in [0.1, 0.15) is 20.7 Å². The predicted molar refractivity (Wildman–Crippen MR) is 99.5 cm³/mol. The lowest BCUT2D eigenvalue weighted by molar-refractivity contribution is 0.0926. The summed E-state index contributed by atoms with van der Waals surface area (Å²) in [6.45, 7) is 0. The second-order valence-electron chi connectivity index (χ2n) is 4.55. The van der Waals surface area contributed by atoms with E-state index < -0.39 is 11.8 Å². The zero-order chi connectivity index (χ0) is 17.0. The Labute approximate surface area is 167 Å². The Morgan fingerprint density at radius 3 is 1.70 bits per heavy atom. The summed E-state index contributed by atoms with van der Waals surface area (Å²) in [4.78, 5) is 26.4. The lowest BCUT2D eigenvalue weighted by Crippen LogP contribution is -2.29.